The van der Waals surface area contributed by atoms with Crippen LogP contribution >= 0.6 is 11.3 Å². The molecular weight excluding hydrogens is 356 g/mol. The molecule has 0 radical (unpaired) electrons. The van der Waals surface area contributed by atoms with Gasteiger partial charge in [0.25, 0.3) is 11.8 Å². The van der Waals surface area contributed by atoms with Gasteiger partial charge in [0.2, 0.25) is 0 Å². The Balaban J connectivity index is 1.67. The van der Waals surface area contributed by atoms with Crippen molar-refractivity contribution in [3.8, 4) is 0 Å². The van der Waals surface area contributed by atoms with Crippen LogP contribution in [-0.4, -0.2) is 29.8 Å². The quantitative estimate of drug-likeness (QED) is 0.833. The van der Waals surface area contributed by atoms with E-state index in [1.54, 1.807) is 23.5 Å². The molecule has 4 rings (SSSR count). The molecule has 2 amide bonds. The van der Waals surface area contributed by atoms with Gasteiger partial charge in [-0.05, 0) is 62.1 Å². The number of benzene rings is 1. The smallest absolute Gasteiger partial charge is 0.257 e. The second-order valence-electron chi connectivity index (χ2n) is 7.73. The van der Waals surface area contributed by atoms with Crippen molar-refractivity contribution in [1.29, 1.82) is 0 Å². The van der Waals surface area contributed by atoms with Crippen LogP contribution in [0.5, 0.6) is 0 Å². The Morgan fingerprint density at radius 3 is 2.59 bits per heavy atom. The number of carbonyl (C=O) groups is 2. The van der Waals surface area contributed by atoms with Gasteiger partial charge in [0.05, 0.1) is 5.56 Å². The third-order valence-electron chi connectivity index (χ3n) is 5.63. The van der Waals surface area contributed by atoms with Gasteiger partial charge in [0.15, 0.2) is 0 Å². The highest BCUT2D eigenvalue weighted by Gasteiger charge is 2.31. The predicted molar refractivity (Wildman–Crippen MR) is 110 cm³/mol. The summed E-state index contributed by atoms with van der Waals surface area (Å²) in [5, 5.41) is 3.79. The lowest BCUT2D eigenvalue weighted by Gasteiger charge is -2.28. The molecule has 1 N–H and O–H groups in total. The van der Waals surface area contributed by atoms with Gasteiger partial charge in [-0.1, -0.05) is 25.1 Å². The number of likely N-dealkylation sites (tertiary alicyclic amines) is 1. The summed E-state index contributed by atoms with van der Waals surface area (Å²) in [6, 6.07) is 9.22. The number of carbonyl (C=O) groups excluding carboxylic acids is 2. The Bertz CT molecular complexity index is 837. The fourth-order valence-corrected chi connectivity index (χ4v) is 5.48. The van der Waals surface area contributed by atoms with Gasteiger partial charge >= 0.3 is 0 Å². The minimum atomic E-state index is -0.144. The van der Waals surface area contributed by atoms with E-state index in [2.05, 4.69) is 12.2 Å². The first-order valence-corrected chi connectivity index (χ1v) is 10.8. The molecule has 142 valence electrons. The van der Waals surface area contributed by atoms with Crippen molar-refractivity contribution >= 4 is 28.2 Å². The van der Waals surface area contributed by atoms with E-state index < -0.39 is 0 Å². The summed E-state index contributed by atoms with van der Waals surface area (Å²) in [5.41, 5.74) is 2.55. The molecular formula is C22H26N2O2S. The van der Waals surface area contributed by atoms with E-state index in [1.807, 2.05) is 23.1 Å². The fourth-order valence-electron chi connectivity index (χ4n) is 4.09. The van der Waals surface area contributed by atoms with E-state index in [4.69, 9.17) is 0 Å². The molecule has 1 fully saturated rings. The molecule has 0 saturated carbocycles. The highest BCUT2D eigenvalue weighted by molar-refractivity contribution is 7.17. The summed E-state index contributed by atoms with van der Waals surface area (Å²) in [5.74, 6) is 0.590. The molecule has 1 saturated heterocycles. The van der Waals surface area contributed by atoms with Crippen molar-refractivity contribution < 1.29 is 9.59 Å². The maximum absolute atomic E-state index is 13.3. The molecule has 2 heterocycles. The van der Waals surface area contributed by atoms with Gasteiger partial charge in [-0.3, -0.25) is 9.59 Å². The number of thiophene rings is 1. The van der Waals surface area contributed by atoms with E-state index in [0.29, 0.717) is 11.5 Å². The van der Waals surface area contributed by atoms with Crippen LogP contribution in [0.4, 0.5) is 5.00 Å². The number of rotatable bonds is 3. The van der Waals surface area contributed by atoms with Gasteiger partial charge in [-0.25, -0.2) is 0 Å². The van der Waals surface area contributed by atoms with E-state index in [-0.39, 0.29) is 11.8 Å². The maximum atomic E-state index is 13.3. The maximum Gasteiger partial charge on any atom is 0.257 e. The first-order chi connectivity index (χ1) is 13.1. The van der Waals surface area contributed by atoms with Crippen molar-refractivity contribution in [2.24, 2.45) is 5.92 Å². The van der Waals surface area contributed by atoms with Crippen LogP contribution in [0, 0.1) is 5.92 Å². The van der Waals surface area contributed by atoms with E-state index in [9.17, 15) is 9.59 Å². The summed E-state index contributed by atoms with van der Waals surface area (Å²) in [6.45, 7) is 3.91. The lowest BCUT2D eigenvalue weighted by Crippen LogP contribution is -2.36. The number of hydrogen-bond donors (Lipinski definition) is 1. The molecule has 5 heteroatoms. The summed E-state index contributed by atoms with van der Waals surface area (Å²) in [4.78, 5) is 29.3. The SMILES string of the molecule is CC1CCc2c(sc(NC(=O)c3ccccc3)c2C(=O)N2CCCCC2)C1. The highest BCUT2D eigenvalue weighted by atomic mass is 32.1. The zero-order valence-electron chi connectivity index (χ0n) is 15.8. The molecule has 1 aliphatic heterocycles. The van der Waals surface area contributed by atoms with E-state index in [0.717, 1.165) is 55.8 Å². The molecule has 0 bridgehead atoms. The van der Waals surface area contributed by atoms with Crippen molar-refractivity contribution in [3.05, 3.63) is 51.9 Å². The normalized spacial score (nSPS) is 19.4. The first-order valence-electron chi connectivity index (χ1n) is 9.93. The fraction of sp³-hybridized carbons (Fsp3) is 0.455. The summed E-state index contributed by atoms with van der Waals surface area (Å²) >= 11 is 1.60. The molecule has 1 atom stereocenters. The van der Waals surface area contributed by atoms with Crippen LogP contribution < -0.4 is 5.32 Å². The number of piperidine rings is 1. The van der Waals surface area contributed by atoms with Crippen molar-refractivity contribution in [2.75, 3.05) is 18.4 Å². The minimum absolute atomic E-state index is 0.102. The third-order valence-corrected chi connectivity index (χ3v) is 6.80. The Kier molecular flexibility index (Phi) is 5.30. The zero-order chi connectivity index (χ0) is 18.8. The van der Waals surface area contributed by atoms with Crippen LogP contribution in [-0.2, 0) is 12.8 Å². The molecule has 1 aliphatic carbocycles. The molecule has 2 aliphatic rings. The number of nitrogens with one attached hydrogen (secondary N) is 1. The molecule has 27 heavy (non-hydrogen) atoms. The monoisotopic (exact) mass is 382 g/mol. The van der Waals surface area contributed by atoms with Gasteiger partial charge in [-0.15, -0.1) is 11.3 Å². The van der Waals surface area contributed by atoms with Crippen LogP contribution in [0.3, 0.4) is 0 Å². The van der Waals surface area contributed by atoms with Crippen LogP contribution in [0.1, 0.15) is 63.8 Å². The summed E-state index contributed by atoms with van der Waals surface area (Å²) in [6.07, 6.45) is 6.38. The standard InChI is InChI=1S/C22H26N2O2S/c1-15-10-11-17-18(14-15)27-21(23-20(25)16-8-4-2-5-9-16)19(17)22(26)24-12-6-3-7-13-24/h2,4-5,8-9,15H,3,6-7,10-14H2,1H3,(H,23,25). The van der Waals surface area contributed by atoms with Crippen LogP contribution in [0.15, 0.2) is 30.3 Å². The lowest BCUT2D eigenvalue weighted by molar-refractivity contribution is 0.0724. The molecule has 2 aromatic rings. The number of hydrogen-bond acceptors (Lipinski definition) is 3. The lowest BCUT2D eigenvalue weighted by atomic mass is 9.88. The van der Waals surface area contributed by atoms with E-state index in [1.165, 1.54) is 16.9 Å². The van der Waals surface area contributed by atoms with E-state index >= 15 is 0 Å². The summed E-state index contributed by atoms with van der Waals surface area (Å²) in [7, 11) is 0. The zero-order valence-corrected chi connectivity index (χ0v) is 16.6. The van der Waals surface area contributed by atoms with Crippen LogP contribution in [0.2, 0.25) is 0 Å². The number of amides is 2. The Labute approximate surface area is 164 Å². The Morgan fingerprint density at radius 2 is 1.85 bits per heavy atom. The number of fused-ring (bicyclic) bond motifs is 1. The Hall–Kier alpha value is -2.14. The second-order valence-corrected chi connectivity index (χ2v) is 8.83. The largest absolute Gasteiger partial charge is 0.339 e. The highest BCUT2D eigenvalue weighted by Crippen LogP contribution is 2.40. The number of nitrogens with zero attached hydrogens (tertiary/aromatic N) is 1. The van der Waals surface area contributed by atoms with Gasteiger partial charge in [-0.2, -0.15) is 0 Å². The second kappa shape index (κ2) is 7.85. The third kappa shape index (κ3) is 3.79. The van der Waals surface area contributed by atoms with Gasteiger partial charge in [0, 0.05) is 23.5 Å². The molecule has 1 aromatic carbocycles. The van der Waals surface area contributed by atoms with Crippen LogP contribution in [0.25, 0.3) is 0 Å². The molecule has 4 nitrogen and oxygen atoms in total. The van der Waals surface area contributed by atoms with Crippen molar-refractivity contribution in [2.45, 2.75) is 45.4 Å². The van der Waals surface area contributed by atoms with Crippen molar-refractivity contribution in [3.63, 3.8) is 0 Å². The van der Waals surface area contributed by atoms with Gasteiger partial charge in [0.1, 0.15) is 5.00 Å². The molecule has 1 unspecified atom stereocenters. The molecule has 0 spiro atoms. The van der Waals surface area contributed by atoms with Gasteiger partial charge < -0.3 is 10.2 Å². The topological polar surface area (TPSA) is 49.4 Å². The molecule has 1 aromatic heterocycles. The average molecular weight is 383 g/mol. The number of anilines is 1. The summed E-state index contributed by atoms with van der Waals surface area (Å²) < 4.78 is 0. The Morgan fingerprint density at radius 1 is 1.11 bits per heavy atom. The first kappa shape index (κ1) is 18.2. The predicted octanol–water partition coefficient (Wildman–Crippen LogP) is 4.75. The minimum Gasteiger partial charge on any atom is -0.339 e. The average Bonchev–Trinajstić information content (AvgIpc) is 3.05. The van der Waals surface area contributed by atoms with Crippen molar-refractivity contribution in [1.82, 2.24) is 4.90 Å².